The molecule has 1 amide bonds. The van der Waals surface area contributed by atoms with E-state index in [0.717, 1.165) is 43.9 Å². The Kier molecular flexibility index (Phi) is 10.0. The fourth-order valence-corrected chi connectivity index (χ4v) is 5.43. The number of nitrogens with one attached hydrogen (secondary N) is 1. The standard InChI is InChI=1S/C29H33ClN2O.ClH/c30-28-14-12-24(13-15-28)25-16-20-32(21-17-25)19-7-18-29(22-31-23-33,26-8-3-1-4-9-26)27-10-5-2-6-11-27;/h1-6,8-15,23,25H,7,16-22H2,(H,31,33);1H. The zero-order chi connectivity index (χ0) is 22.9. The minimum absolute atomic E-state index is 0. The van der Waals surface area contributed by atoms with Crippen LogP contribution in [0.15, 0.2) is 84.9 Å². The van der Waals surface area contributed by atoms with E-state index in [1.165, 1.54) is 29.5 Å². The van der Waals surface area contributed by atoms with Gasteiger partial charge in [-0.25, -0.2) is 0 Å². The molecule has 180 valence electrons. The van der Waals surface area contributed by atoms with Crippen molar-refractivity contribution in [2.24, 2.45) is 0 Å². The summed E-state index contributed by atoms with van der Waals surface area (Å²) in [4.78, 5) is 13.9. The molecule has 0 bridgehead atoms. The molecule has 1 saturated heterocycles. The van der Waals surface area contributed by atoms with Crippen molar-refractivity contribution in [3.63, 3.8) is 0 Å². The second-order valence-electron chi connectivity index (χ2n) is 9.08. The molecular weight excluding hydrogens is 463 g/mol. The minimum Gasteiger partial charge on any atom is -0.357 e. The Balaban J connectivity index is 0.00000324. The van der Waals surface area contributed by atoms with E-state index in [2.05, 4.69) is 83.0 Å². The SMILES string of the molecule is Cl.O=CNCC(CCCN1CCC(c2ccc(Cl)cc2)CC1)(c1ccccc1)c1ccccc1. The first-order chi connectivity index (χ1) is 16.2. The van der Waals surface area contributed by atoms with Gasteiger partial charge in [-0.05, 0) is 80.1 Å². The molecule has 0 radical (unpaired) electrons. The van der Waals surface area contributed by atoms with Crippen LogP contribution in [0.2, 0.25) is 5.02 Å². The van der Waals surface area contributed by atoms with Gasteiger partial charge in [0.25, 0.3) is 0 Å². The van der Waals surface area contributed by atoms with Gasteiger partial charge >= 0.3 is 0 Å². The second kappa shape index (κ2) is 12.9. The van der Waals surface area contributed by atoms with E-state index in [1.54, 1.807) is 0 Å². The topological polar surface area (TPSA) is 32.3 Å². The van der Waals surface area contributed by atoms with Crippen molar-refractivity contribution in [1.29, 1.82) is 0 Å². The largest absolute Gasteiger partial charge is 0.357 e. The lowest BCUT2D eigenvalue weighted by molar-refractivity contribution is -0.109. The average Bonchev–Trinajstić information content (AvgIpc) is 2.88. The molecule has 5 heteroatoms. The van der Waals surface area contributed by atoms with Crippen LogP contribution in [0.3, 0.4) is 0 Å². The molecule has 0 spiro atoms. The van der Waals surface area contributed by atoms with Crippen LogP contribution >= 0.6 is 24.0 Å². The fourth-order valence-electron chi connectivity index (χ4n) is 5.31. The van der Waals surface area contributed by atoms with Crippen molar-refractivity contribution in [2.45, 2.75) is 37.0 Å². The third-order valence-corrected chi connectivity index (χ3v) is 7.40. The van der Waals surface area contributed by atoms with E-state index in [9.17, 15) is 4.79 Å². The van der Waals surface area contributed by atoms with Crippen molar-refractivity contribution >= 4 is 30.4 Å². The number of halogens is 2. The van der Waals surface area contributed by atoms with Gasteiger partial charge in [0.2, 0.25) is 6.41 Å². The number of hydrogen-bond acceptors (Lipinski definition) is 2. The van der Waals surface area contributed by atoms with Crippen LogP contribution in [-0.4, -0.2) is 37.5 Å². The number of rotatable bonds is 10. The predicted octanol–water partition coefficient (Wildman–Crippen LogP) is 6.45. The summed E-state index contributed by atoms with van der Waals surface area (Å²) in [6, 6.07) is 29.6. The summed E-state index contributed by atoms with van der Waals surface area (Å²) in [5, 5.41) is 3.81. The monoisotopic (exact) mass is 496 g/mol. The summed E-state index contributed by atoms with van der Waals surface area (Å²) in [5.41, 5.74) is 3.69. The van der Waals surface area contributed by atoms with Gasteiger partial charge in [-0.3, -0.25) is 4.79 Å². The lowest BCUT2D eigenvalue weighted by Gasteiger charge is -2.37. The summed E-state index contributed by atoms with van der Waals surface area (Å²) in [6.07, 6.45) is 5.27. The maximum atomic E-state index is 11.3. The normalized spacial score (nSPS) is 14.9. The van der Waals surface area contributed by atoms with Gasteiger partial charge in [-0.1, -0.05) is 84.4 Å². The zero-order valence-corrected chi connectivity index (χ0v) is 21.1. The van der Waals surface area contributed by atoms with Gasteiger partial charge < -0.3 is 10.2 Å². The number of piperidine rings is 1. The lowest BCUT2D eigenvalue weighted by atomic mass is 9.71. The Bertz CT molecular complexity index is 948. The van der Waals surface area contributed by atoms with E-state index in [1.807, 2.05) is 12.1 Å². The molecule has 1 aliphatic heterocycles. The van der Waals surface area contributed by atoms with Gasteiger partial charge in [-0.15, -0.1) is 12.4 Å². The van der Waals surface area contributed by atoms with Crippen molar-refractivity contribution in [1.82, 2.24) is 10.2 Å². The summed E-state index contributed by atoms with van der Waals surface area (Å²) < 4.78 is 0. The second-order valence-corrected chi connectivity index (χ2v) is 9.52. The molecule has 3 aromatic carbocycles. The molecule has 0 unspecified atom stereocenters. The Hall–Kier alpha value is -2.33. The number of carbonyl (C=O) groups is 1. The Morgan fingerprint density at radius 2 is 1.44 bits per heavy atom. The Labute approximate surface area is 214 Å². The van der Waals surface area contributed by atoms with Crippen LogP contribution in [0.1, 0.15) is 48.3 Å². The fraction of sp³-hybridized carbons (Fsp3) is 0.345. The highest BCUT2D eigenvalue weighted by atomic mass is 35.5. The van der Waals surface area contributed by atoms with Crippen LogP contribution in [0.25, 0.3) is 0 Å². The predicted molar refractivity (Wildman–Crippen MR) is 144 cm³/mol. The van der Waals surface area contributed by atoms with E-state index in [4.69, 9.17) is 11.6 Å². The molecule has 3 nitrogen and oxygen atoms in total. The summed E-state index contributed by atoms with van der Waals surface area (Å²) in [5.74, 6) is 0.628. The molecular formula is C29H34Cl2N2O. The van der Waals surface area contributed by atoms with Gasteiger partial charge in [0, 0.05) is 17.0 Å². The summed E-state index contributed by atoms with van der Waals surface area (Å²) in [7, 11) is 0. The van der Waals surface area contributed by atoms with Gasteiger partial charge in [0.15, 0.2) is 0 Å². The molecule has 1 heterocycles. The van der Waals surface area contributed by atoms with Crippen LogP contribution < -0.4 is 5.32 Å². The molecule has 0 saturated carbocycles. The third kappa shape index (κ3) is 6.41. The van der Waals surface area contributed by atoms with E-state index in [-0.39, 0.29) is 17.8 Å². The van der Waals surface area contributed by atoms with Crippen LogP contribution in [0.4, 0.5) is 0 Å². The van der Waals surface area contributed by atoms with E-state index >= 15 is 0 Å². The number of amides is 1. The maximum absolute atomic E-state index is 11.3. The number of nitrogens with zero attached hydrogens (tertiary/aromatic N) is 1. The summed E-state index contributed by atoms with van der Waals surface area (Å²) >= 11 is 6.06. The Morgan fingerprint density at radius 1 is 0.882 bits per heavy atom. The smallest absolute Gasteiger partial charge is 0.207 e. The van der Waals surface area contributed by atoms with E-state index in [0.29, 0.717) is 12.5 Å². The van der Waals surface area contributed by atoms with Crippen molar-refractivity contribution < 1.29 is 4.79 Å². The van der Waals surface area contributed by atoms with E-state index < -0.39 is 0 Å². The highest BCUT2D eigenvalue weighted by molar-refractivity contribution is 6.30. The first-order valence-corrected chi connectivity index (χ1v) is 12.3. The maximum Gasteiger partial charge on any atom is 0.207 e. The van der Waals surface area contributed by atoms with Gasteiger partial charge in [-0.2, -0.15) is 0 Å². The lowest BCUT2D eigenvalue weighted by Crippen LogP contribution is -2.40. The molecule has 0 aromatic heterocycles. The van der Waals surface area contributed by atoms with Gasteiger partial charge in [0.1, 0.15) is 0 Å². The molecule has 4 rings (SSSR count). The molecule has 0 aliphatic carbocycles. The summed E-state index contributed by atoms with van der Waals surface area (Å²) in [6.45, 7) is 3.94. The van der Waals surface area contributed by atoms with Gasteiger partial charge in [0.05, 0.1) is 0 Å². The molecule has 1 fully saturated rings. The number of benzene rings is 3. The molecule has 1 aliphatic rings. The highest BCUT2D eigenvalue weighted by Gasteiger charge is 2.34. The highest BCUT2D eigenvalue weighted by Crippen LogP contribution is 2.37. The Morgan fingerprint density at radius 3 is 1.97 bits per heavy atom. The van der Waals surface area contributed by atoms with Crippen LogP contribution in [0, 0.1) is 0 Å². The number of carbonyl (C=O) groups excluding carboxylic acids is 1. The van der Waals surface area contributed by atoms with Crippen LogP contribution in [-0.2, 0) is 10.2 Å². The number of likely N-dealkylation sites (tertiary alicyclic amines) is 1. The molecule has 0 atom stereocenters. The quantitative estimate of drug-likeness (QED) is 0.327. The van der Waals surface area contributed by atoms with Crippen molar-refractivity contribution in [3.05, 3.63) is 107 Å². The first kappa shape index (κ1) is 26.3. The third-order valence-electron chi connectivity index (χ3n) is 7.15. The molecule has 34 heavy (non-hydrogen) atoms. The first-order valence-electron chi connectivity index (χ1n) is 12.0. The van der Waals surface area contributed by atoms with Crippen molar-refractivity contribution in [2.75, 3.05) is 26.2 Å². The zero-order valence-electron chi connectivity index (χ0n) is 19.5. The molecule has 3 aromatic rings. The average molecular weight is 498 g/mol. The molecule has 1 N–H and O–H groups in total. The minimum atomic E-state index is -0.231. The van der Waals surface area contributed by atoms with Crippen molar-refractivity contribution in [3.8, 4) is 0 Å². The number of hydrogen-bond donors (Lipinski definition) is 1. The van der Waals surface area contributed by atoms with Crippen LogP contribution in [0.5, 0.6) is 0 Å².